The molecule has 0 saturated carbocycles. The van der Waals surface area contributed by atoms with Crippen LogP contribution in [0.2, 0.25) is 5.02 Å². The van der Waals surface area contributed by atoms with Crippen molar-refractivity contribution in [3.05, 3.63) is 59.0 Å². The largest absolute Gasteiger partial charge is 0.494 e. The van der Waals surface area contributed by atoms with Crippen LogP contribution in [0.15, 0.2) is 42.6 Å². The predicted octanol–water partition coefficient (Wildman–Crippen LogP) is 3.24. The van der Waals surface area contributed by atoms with Crippen molar-refractivity contribution in [3.63, 3.8) is 0 Å². The number of hydrogen-bond acceptors (Lipinski definition) is 4. The van der Waals surface area contributed by atoms with Gasteiger partial charge in [0.1, 0.15) is 5.82 Å². The highest BCUT2D eigenvalue weighted by atomic mass is 35.5. The van der Waals surface area contributed by atoms with Crippen molar-refractivity contribution >= 4 is 29.4 Å². The summed E-state index contributed by atoms with van der Waals surface area (Å²) in [6.07, 6.45) is 4.70. The summed E-state index contributed by atoms with van der Waals surface area (Å²) in [4.78, 5) is 20.5. The van der Waals surface area contributed by atoms with Crippen molar-refractivity contribution in [1.82, 2.24) is 9.88 Å². The number of amides is 1. The van der Waals surface area contributed by atoms with Crippen LogP contribution in [0.4, 0.5) is 10.2 Å². The molecule has 0 atom stereocenters. The van der Waals surface area contributed by atoms with E-state index in [-0.39, 0.29) is 11.7 Å². The van der Waals surface area contributed by atoms with E-state index in [2.05, 4.69) is 9.88 Å². The molecular formula is C19H19ClFN3O2. The van der Waals surface area contributed by atoms with Gasteiger partial charge in [0.2, 0.25) is 5.91 Å². The standard InChI is InChI=1S/C19H19ClFN3O2/c1-26-17-5-2-14(12-16(17)21)3-7-19(25)24-10-8-23(9-11-24)18-6-4-15(20)13-22-18/h2-7,12-13H,8-11H2,1H3. The lowest BCUT2D eigenvalue weighted by atomic mass is 10.2. The van der Waals surface area contributed by atoms with Gasteiger partial charge < -0.3 is 14.5 Å². The van der Waals surface area contributed by atoms with Crippen LogP contribution >= 0.6 is 11.6 Å². The Kier molecular flexibility index (Phi) is 5.73. The zero-order chi connectivity index (χ0) is 18.5. The first kappa shape index (κ1) is 18.2. The van der Waals surface area contributed by atoms with Gasteiger partial charge in [-0.2, -0.15) is 0 Å². The molecule has 5 nitrogen and oxygen atoms in total. The molecule has 0 N–H and O–H groups in total. The second kappa shape index (κ2) is 8.19. The van der Waals surface area contributed by atoms with Crippen molar-refractivity contribution in [2.75, 3.05) is 38.2 Å². The number of benzene rings is 1. The van der Waals surface area contributed by atoms with E-state index in [0.717, 1.165) is 5.82 Å². The first-order valence-electron chi connectivity index (χ1n) is 8.24. The molecule has 1 amide bonds. The zero-order valence-electron chi connectivity index (χ0n) is 14.4. The average molecular weight is 376 g/mol. The molecular weight excluding hydrogens is 357 g/mol. The van der Waals surface area contributed by atoms with Gasteiger partial charge >= 0.3 is 0 Å². The molecule has 1 saturated heterocycles. The lowest BCUT2D eigenvalue weighted by Crippen LogP contribution is -2.48. The Morgan fingerprint density at radius 3 is 2.62 bits per heavy atom. The van der Waals surface area contributed by atoms with E-state index in [4.69, 9.17) is 16.3 Å². The Hall–Kier alpha value is -2.60. The molecule has 2 aromatic rings. The molecule has 2 heterocycles. The molecule has 0 aliphatic carbocycles. The highest BCUT2D eigenvalue weighted by molar-refractivity contribution is 6.30. The van der Waals surface area contributed by atoms with Crippen LogP contribution in [-0.4, -0.2) is 49.1 Å². The van der Waals surface area contributed by atoms with Gasteiger partial charge in [0.25, 0.3) is 0 Å². The number of rotatable bonds is 4. The third kappa shape index (κ3) is 4.32. The molecule has 7 heteroatoms. The van der Waals surface area contributed by atoms with Gasteiger partial charge in [0.15, 0.2) is 11.6 Å². The first-order chi connectivity index (χ1) is 12.6. The van der Waals surface area contributed by atoms with Crippen LogP contribution in [0.3, 0.4) is 0 Å². The second-order valence-electron chi connectivity index (χ2n) is 5.87. The Labute approximate surface area is 156 Å². The lowest BCUT2D eigenvalue weighted by Gasteiger charge is -2.34. The maximum Gasteiger partial charge on any atom is 0.246 e. The number of methoxy groups -OCH3 is 1. The Bertz CT molecular complexity index is 803. The van der Waals surface area contributed by atoms with E-state index in [1.54, 1.807) is 29.3 Å². The van der Waals surface area contributed by atoms with Crippen molar-refractivity contribution in [2.45, 2.75) is 0 Å². The maximum atomic E-state index is 13.7. The van der Waals surface area contributed by atoms with E-state index in [1.807, 2.05) is 6.07 Å². The van der Waals surface area contributed by atoms with Crippen LogP contribution in [0, 0.1) is 5.82 Å². The molecule has 1 aromatic heterocycles. The van der Waals surface area contributed by atoms with Crippen molar-refractivity contribution in [2.24, 2.45) is 0 Å². The fourth-order valence-electron chi connectivity index (χ4n) is 2.77. The molecule has 0 bridgehead atoms. The highest BCUT2D eigenvalue weighted by Gasteiger charge is 2.20. The minimum Gasteiger partial charge on any atom is -0.494 e. The average Bonchev–Trinajstić information content (AvgIpc) is 2.67. The lowest BCUT2D eigenvalue weighted by molar-refractivity contribution is -0.126. The summed E-state index contributed by atoms with van der Waals surface area (Å²) in [7, 11) is 1.41. The molecule has 0 unspecified atom stereocenters. The van der Waals surface area contributed by atoms with Gasteiger partial charge in [-0.3, -0.25) is 4.79 Å². The molecule has 1 aliphatic heterocycles. The smallest absolute Gasteiger partial charge is 0.246 e. The number of aromatic nitrogens is 1. The summed E-state index contributed by atoms with van der Waals surface area (Å²) in [6, 6.07) is 8.26. The van der Waals surface area contributed by atoms with Crippen molar-refractivity contribution in [1.29, 1.82) is 0 Å². The van der Waals surface area contributed by atoms with Gasteiger partial charge in [-0.1, -0.05) is 17.7 Å². The topological polar surface area (TPSA) is 45.7 Å². The number of halogens is 2. The first-order valence-corrected chi connectivity index (χ1v) is 8.61. The Morgan fingerprint density at radius 2 is 2.00 bits per heavy atom. The van der Waals surface area contributed by atoms with Crippen molar-refractivity contribution in [3.8, 4) is 5.75 Å². The fraction of sp³-hybridized carbons (Fsp3) is 0.263. The monoisotopic (exact) mass is 375 g/mol. The van der Waals surface area contributed by atoms with E-state index >= 15 is 0 Å². The van der Waals surface area contributed by atoms with Gasteiger partial charge in [-0.15, -0.1) is 0 Å². The van der Waals surface area contributed by atoms with E-state index in [9.17, 15) is 9.18 Å². The zero-order valence-corrected chi connectivity index (χ0v) is 15.1. The summed E-state index contributed by atoms with van der Waals surface area (Å²) in [5, 5.41) is 0.600. The normalized spacial score (nSPS) is 14.7. The van der Waals surface area contributed by atoms with E-state index in [1.165, 1.54) is 25.3 Å². The molecule has 0 spiro atoms. The molecule has 1 aliphatic rings. The van der Waals surface area contributed by atoms with E-state index in [0.29, 0.717) is 36.8 Å². The fourth-order valence-corrected chi connectivity index (χ4v) is 2.88. The van der Waals surface area contributed by atoms with Crippen LogP contribution in [0.25, 0.3) is 6.08 Å². The van der Waals surface area contributed by atoms with Crippen LogP contribution in [0.5, 0.6) is 5.75 Å². The number of carbonyl (C=O) groups excluding carboxylic acids is 1. The van der Waals surface area contributed by atoms with Crippen LogP contribution < -0.4 is 9.64 Å². The molecule has 0 radical (unpaired) electrons. The number of carbonyl (C=O) groups is 1. The van der Waals surface area contributed by atoms with E-state index < -0.39 is 5.82 Å². The molecule has 1 aromatic carbocycles. The minimum absolute atomic E-state index is 0.0926. The Balaban J connectivity index is 1.56. The number of nitrogens with zero attached hydrogens (tertiary/aromatic N) is 3. The summed E-state index contributed by atoms with van der Waals surface area (Å²) in [6.45, 7) is 2.60. The Morgan fingerprint density at radius 1 is 1.23 bits per heavy atom. The van der Waals surface area contributed by atoms with Crippen LogP contribution in [-0.2, 0) is 4.79 Å². The number of anilines is 1. The second-order valence-corrected chi connectivity index (χ2v) is 6.31. The number of hydrogen-bond donors (Lipinski definition) is 0. The van der Waals surface area contributed by atoms with Gasteiger partial charge in [0.05, 0.1) is 12.1 Å². The van der Waals surface area contributed by atoms with Gasteiger partial charge in [-0.25, -0.2) is 9.37 Å². The summed E-state index contributed by atoms with van der Waals surface area (Å²) in [5.41, 5.74) is 0.612. The molecule has 136 valence electrons. The molecule has 1 fully saturated rings. The minimum atomic E-state index is -0.453. The predicted molar refractivity (Wildman–Crippen MR) is 100 cm³/mol. The van der Waals surface area contributed by atoms with Crippen LogP contribution in [0.1, 0.15) is 5.56 Å². The number of piperazine rings is 1. The van der Waals surface area contributed by atoms with Gasteiger partial charge in [0, 0.05) is 38.5 Å². The number of pyridine rings is 1. The quantitative estimate of drug-likeness (QED) is 0.770. The molecule has 26 heavy (non-hydrogen) atoms. The van der Waals surface area contributed by atoms with Crippen molar-refractivity contribution < 1.29 is 13.9 Å². The summed E-state index contributed by atoms with van der Waals surface area (Å²) >= 11 is 5.86. The third-order valence-corrected chi connectivity index (χ3v) is 4.44. The molecule has 3 rings (SSSR count). The highest BCUT2D eigenvalue weighted by Crippen LogP contribution is 2.19. The maximum absolute atomic E-state index is 13.7. The third-order valence-electron chi connectivity index (χ3n) is 4.22. The summed E-state index contributed by atoms with van der Waals surface area (Å²) in [5.74, 6) is 0.488. The summed E-state index contributed by atoms with van der Waals surface area (Å²) < 4.78 is 18.6. The van der Waals surface area contributed by atoms with Gasteiger partial charge in [-0.05, 0) is 35.9 Å². The number of ether oxygens (including phenoxy) is 1. The SMILES string of the molecule is COc1ccc(C=CC(=O)N2CCN(c3ccc(Cl)cn3)CC2)cc1F.